The lowest BCUT2D eigenvalue weighted by molar-refractivity contribution is -0.130. The van der Waals surface area contributed by atoms with E-state index in [2.05, 4.69) is 19.9 Å². The molecular weight excluding hydrogens is 300 g/mol. The summed E-state index contributed by atoms with van der Waals surface area (Å²) < 4.78 is 6.55. The zero-order valence-electron chi connectivity index (χ0n) is 15.0. The number of hydrogen-bond donors (Lipinski definition) is 0. The Kier molecular flexibility index (Phi) is 2.94. The summed E-state index contributed by atoms with van der Waals surface area (Å²) >= 11 is 0. The number of allylic oxidation sites excluding steroid dienone is 1. The van der Waals surface area contributed by atoms with E-state index in [-0.39, 0.29) is 29.0 Å². The van der Waals surface area contributed by atoms with Gasteiger partial charge in [-0.05, 0) is 49.9 Å². The van der Waals surface area contributed by atoms with Crippen molar-refractivity contribution in [3.8, 4) is 0 Å². The highest BCUT2D eigenvalue weighted by Gasteiger charge is 2.68. The number of rotatable bonds is 1. The summed E-state index contributed by atoms with van der Waals surface area (Å²) in [7, 11) is 0. The summed E-state index contributed by atoms with van der Waals surface area (Å²) in [6.07, 6.45) is 8.26. The number of Topliss-reactive ketones (excluding diaryl/α,β-unsaturated/α-hetero) is 2. The molecule has 1 heterocycles. The molecule has 5 aliphatic rings. The predicted molar refractivity (Wildman–Crippen MR) is 90.3 cm³/mol. The quantitative estimate of drug-likeness (QED) is 0.689. The zero-order chi connectivity index (χ0) is 16.9. The number of carbonyl (C=O) groups excluding carboxylic acids is 2. The first-order valence-corrected chi connectivity index (χ1v) is 9.73. The van der Waals surface area contributed by atoms with Crippen LogP contribution in [-0.4, -0.2) is 23.8 Å². The highest BCUT2D eigenvalue weighted by Crippen LogP contribution is 2.69. The van der Waals surface area contributed by atoms with Crippen LogP contribution in [0.15, 0.2) is 11.6 Å². The zero-order valence-corrected chi connectivity index (χ0v) is 15.0. The number of fused-ring (bicyclic) bond motifs is 2. The molecule has 0 amide bonds. The first-order valence-electron chi connectivity index (χ1n) is 9.73. The average Bonchev–Trinajstić information content (AvgIpc) is 2.98. The monoisotopic (exact) mass is 328 g/mol. The molecule has 0 N–H and O–H groups in total. The van der Waals surface area contributed by atoms with E-state index >= 15 is 0 Å². The van der Waals surface area contributed by atoms with Crippen LogP contribution in [0.1, 0.15) is 59.3 Å². The van der Waals surface area contributed by atoms with Crippen LogP contribution >= 0.6 is 0 Å². The molecule has 3 nitrogen and oxygen atoms in total. The maximum absolute atomic E-state index is 12.3. The third-order valence-electron chi connectivity index (χ3n) is 8.75. The lowest BCUT2D eigenvalue weighted by Crippen LogP contribution is -2.54. The Morgan fingerprint density at radius 1 is 1.29 bits per heavy atom. The van der Waals surface area contributed by atoms with Gasteiger partial charge in [-0.1, -0.05) is 25.5 Å². The van der Waals surface area contributed by atoms with Crippen molar-refractivity contribution in [2.24, 2.45) is 34.5 Å². The van der Waals surface area contributed by atoms with Crippen molar-refractivity contribution in [3.63, 3.8) is 0 Å². The minimum Gasteiger partial charge on any atom is -0.373 e. The second-order valence-electron chi connectivity index (χ2n) is 9.58. The SMILES string of the molecule is CC(=O)[C@H]1CC[C@H]2[C@@H]3CC=C4CC(=O)C[C@H]5O[C@H](C[C@]12C)[C@@H]3[C@]45C. The third-order valence-corrected chi connectivity index (χ3v) is 8.75. The second kappa shape index (κ2) is 4.60. The predicted octanol–water partition coefficient (Wildman–Crippen LogP) is 3.71. The summed E-state index contributed by atoms with van der Waals surface area (Å²) in [6, 6.07) is 0. The van der Waals surface area contributed by atoms with Gasteiger partial charge < -0.3 is 4.74 Å². The van der Waals surface area contributed by atoms with E-state index in [1.165, 1.54) is 12.0 Å². The molecule has 24 heavy (non-hydrogen) atoms. The van der Waals surface area contributed by atoms with Gasteiger partial charge in [0.1, 0.15) is 11.6 Å². The highest BCUT2D eigenvalue weighted by molar-refractivity contribution is 5.84. The van der Waals surface area contributed by atoms with Crippen LogP contribution < -0.4 is 0 Å². The molecule has 8 atom stereocenters. The van der Waals surface area contributed by atoms with Crippen LogP contribution in [0.2, 0.25) is 0 Å². The molecule has 0 unspecified atom stereocenters. The van der Waals surface area contributed by atoms with Gasteiger partial charge in [0, 0.05) is 30.1 Å². The lowest BCUT2D eigenvalue weighted by Gasteiger charge is -2.55. The highest BCUT2D eigenvalue weighted by atomic mass is 16.5. The minimum atomic E-state index is 0.0666. The van der Waals surface area contributed by atoms with Crippen molar-refractivity contribution in [2.75, 3.05) is 0 Å². The number of carbonyl (C=O) groups is 2. The van der Waals surface area contributed by atoms with Gasteiger partial charge in [0.05, 0.1) is 12.2 Å². The van der Waals surface area contributed by atoms with Crippen molar-refractivity contribution in [3.05, 3.63) is 11.6 Å². The summed E-state index contributed by atoms with van der Waals surface area (Å²) in [6.45, 7) is 6.50. The molecule has 1 aliphatic heterocycles. The smallest absolute Gasteiger partial charge is 0.139 e. The maximum atomic E-state index is 12.3. The second-order valence-corrected chi connectivity index (χ2v) is 9.58. The fourth-order valence-corrected chi connectivity index (χ4v) is 7.79. The maximum Gasteiger partial charge on any atom is 0.139 e. The van der Waals surface area contributed by atoms with Gasteiger partial charge in [-0.3, -0.25) is 9.59 Å². The fraction of sp³-hybridized carbons (Fsp3) is 0.810. The molecule has 0 radical (unpaired) electrons. The molecule has 0 aromatic rings. The average molecular weight is 328 g/mol. The van der Waals surface area contributed by atoms with Crippen LogP contribution in [0.5, 0.6) is 0 Å². The van der Waals surface area contributed by atoms with Crippen LogP contribution in [0.25, 0.3) is 0 Å². The van der Waals surface area contributed by atoms with E-state index in [0.717, 1.165) is 19.3 Å². The van der Waals surface area contributed by atoms with Crippen LogP contribution in [-0.2, 0) is 14.3 Å². The Morgan fingerprint density at radius 2 is 2.08 bits per heavy atom. The third kappa shape index (κ3) is 1.63. The van der Waals surface area contributed by atoms with E-state index in [4.69, 9.17) is 4.74 Å². The van der Waals surface area contributed by atoms with Gasteiger partial charge in [0.2, 0.25) is 0 Å². The van der Waals surface area contributed by atoms with Crippen LogP contribution in [0, 0.1) is 34.5 Å². The van der Waals surface area contributed by atoms with Gasteiger partial charge in [0.25, 0.3) is 0 Å². The van der Waals surface area contributed by atoms with E-state index in [0.29, 0.717) is 42.2 Å². The van der Waals surface area contributed by atoms with Crippen molar-refractivity contribution in [1.29, 1.82) is 0 Å². The molecule has 3 heteroatoms. The van der Waals surface area contributed by atoms with Gasteiger partial charge in [-0.15, -0.1) is 0 Å². The van der Waals surface area contributed by atoms with Crippen molar-refractivity contribution < 1.29 is 14.3 Å². The van der Waals surface area contributed by atoms with Gasteiger partial charge >= 0.3 is 0 Å². The summed E-state index contributed by atoms with van der Waals surface area (Å²) in [5.74, 6) is 2.73. The van der Waals surface area contributed by atoms with Crippen LogP contribution in [0.3, 0.4) is 0 Å². The number of hydrogen-bond acceptors (Lipinski definition) is 3. The lowest BCUT2D eigenvalue weighted by atomic mass is 9.47. The molecule has 0 spiro atoms. The van der Waals surface area contributed by atoms with E-state index in [9.17, 15) is 9.59 Å². The first kappa shape index (κ1) is 15.3. The fourth-order valence-electron chi connectivity index (χ4n) is 7.79. The Bertz CT molecular complexity index is 664. The van der Waals surface area contributed by atoms with E-state index in [1.54, 1.807) is 6.92 Å². The van der Waals surface area contributed by atoms with Gasteiger partial charge in [-0.25, -0.2) is 0 Å². The molecule has 0 aromatic heterocycles. The van der Waals surface area contributed by atoms with Crippen molar-refractivity contribution >= 4 is 11.6 Å². The standard InChI is InChI=1S/C21H28O3/c1-11(22)15-6-7-16-14-5-4-12-8-13(23)9-18-21(12,3)19(14)17(24-18)10-20(15,16)2/h4,14-19H,5-10H2,1-3H3/t14-,15+,16-,17+,18+,19+,20+,21+/m0/s1. The van der Waals surface area contributed by atoms with Gasteiger partial charge in [-0.2, -0.15) is 0 Å². The topological polar surface area (TPSA) is 43.4 Å². The molecule has 1 saturated heterocycles. The Morgan fingerprint density at radius 3 is 2.83 bits per heavy atom. The van der Waals surface area contributed by atoms with E-state index < -0.39 is 0 Å². The Balaban J connectivity index is 1.60. The number of ether oxygens (including phenoxy) is 1. The van der Waals surface area contributed by atoms with Crippen molar-refractivity contribution in [2.45, 2.75) is 71.5 Å². The number of ketones is 2. The Labute approximate surface area is 144 Å². The molecule has 4 fully saturated rings. The molecule has 4 aliphatic carbocycles. The normalized spacial score (nSPS) is 55.0. The van der Waals surface area contributed by atoms with Crippen molar-refractivity contribution in [1.82, 2.24) is 0 Å². The van der Waals surface area contributed by atoms with Crippen LogP contribution in [0.4, 0.5) is 0 Å². The summed E-state index contributed by atoms with van der Waals surface area (Å²) in [5, 5.41) is 0. The van der Waals surface area contributed by atoms with Gasteiger partial charge in [0.15, 0.2) is 0 Å². The molecule has 0 bridgehead atoms. The Hall–Kier alpha value is -0.960. The molecule has 0 aromatic carbocycles. The molecule has 5 rings (SSSR count). The molecular formula is C21H28O3. The first-order chi connectivity index (χ1) is 11.4. The minimum absolute atomic E-state index is 0.0666. The van der Waals surface area contributed by atoms with E-state index in [1.807, 2.05) is 0 Å². The summed E-state index contributed by atoms with van der Waals surface area (Å²) in [5.41, 5.74) is 1.52. The summed E-state index contributed by atoms with van der Waals surface area (Å²) in [4.78, 5) is 24.4. The largest absolute Gasteiger partial charge is 0.373 e. The molecule has 3 saturated carbocycles. The molecule has 130 valence electrons.